The lowest BCUT2D eigenvalue weighted by Crippen LogP contribution is -2.18. The number of nitrogens with zero attached hydrogens (tertiary/aromatic N) is 2. The summed E-state index contributed by atoms with van der Waals surface area (Å²) in [6.45, 7) is 4.89. The predicted octanol–water partition coefficient (Wildman–Crippen LogP) is 2.55. The molecule has 2 heterocycles. The van der Waals surface area contributed by atoms with Crippen LogP contribution in [0.4, 0.5) is 5.82 Å². The summed E-state index contributed by atoms with van der Waals surface area (Å²) in [6, 6.07) is 7.90. The molecule has 2 aromatic rings. The first-order valence-corrected chi connectivity index (χ1v) is 7.49. The second-order valence-electron chi connectivity index (χ2n) is 5.28. The van der Waals surface area contributed by atoms with Gasteiger partial charge in [0.1, 0.15) is 5.82 Å². The third kappa shape index (κ3) is 3.68. The van der Waals surface area contributed by atoms with E-state index >= 15 is 0 Å². The van der Waals surface area contributed by atoms with Gasteiger partial charge in [0.05, 0.1) is 36.0 Å². The van der Waals surface area contributed by atoms with Gasteiger partial charge in [-0.2, -0.15) is 0 Å². The van der Waals surface area contributed by atoms with Gasteiger partial charge >= 0.3 is 0 Å². The predicted molar refractivity (Wildman–Crippen MR) is 82.6 cm³/mol. The molecule has 1 aliphatic rings. The van der Waals surface area contributed by atoms with Crippen molar-refractivity contribution in [3.63, 3.8) is 0 Å². The second kappa shape index (κ2) is 6.83. The Morgan fingerprint density at radius 1 is 1.29 bits per heavy atom. The maximum atomic E-state index is 5.63. The molecule has 5 nitrogen and oxygen atoms in total. The zero-order chi connectivity index (χ0) is 14.5. The van der Waals surface area contributed by atoms with Crippen LogP contribution in [0.3, 0.4) is 0 Å². The van der Waals surface area contributed by atoms with Gasteiger partial charge in [0.2, 0.25) is 0 Å². The number of benzene rings is 1. The first-order valence-electron chi connectivity index (χ1n) is 7.49. The zero-order valence-corrected chi connectivity index (χ0v) is 12.3. The highest BCUT2D eigenvalue weighted by Crippen LogP contribution is 2.15. The van der Waals surface area contributed by atoms with Crippen molar-refractivity contribution in [1.82, 2.24) is 9.97 Å². The Hall–Kier alpha value is -1.72. The average Bonchev–Trinajstić information content (AvgIpc) is 3.00. The lowest BCUT2D eigenvalue weighted by atomic mass is 10.2. The van der Waals surface area contributed by atoms with E-state index in [1.165, 1.54) is 0 Å². The van der Waals surface area contributed by atoms with Crippen LogP contribution in [-0.4, -0.2) is 42.4 Å². The van der Waals surface area contributed by atoms with Crippen LogP contribution in [0.2, 0.25) is 0 Å². The van der Waals surface area contributed by atoms with E-state index in [1.807, 2.05) is 31.2 Å². The molecule has 0 aliphatic carbocycles. The van der Waals surface area contributed by atoms with Gasteiger partial charge in [0.15, 0.2) is 0 Å². The van der Waals surface area contributed by atoms with Gasteiger partial charge in [-0.3, -0.25) is 0 Å². The van der Waals surface area contributed by atoms with E-state index in [0.29, 0.717) is 13.2 Å². The van der Waals surface area contributed by atoms with Crippen LogP contribution in [0.5, 0.6) is 0 Å². The summed E-state index contributed by atoms with van der Waals surface area (Å²) in [4.78, 5) is 9.15. The number of hydrogen-bond acceptors (Lipinski definition) is 5. The molecule has 0 saturated carbocycles. The van der Waals surface area contributed by atoms with E-state index in [0.717, 1.165) is 48.5 Å². The zero-order valence-electron chi connectivity index (χ0n) is 12.3. The Labute approximate surface area is 124 Å². The third-order valence-electron chi connectivity index (χ3n) is 3.61. The number of fused-ring (bicyclic) bond motifs is 1. The largest absolute Gasteiger partial charge is 0.377 e. The van der Waals surface area contributed by atoms with Crippen LogP contribution in [0.25, 0.3) is 11.0 Å². The number of anilines is 1. The lowest BCUT2D eigenvalue weighted by molar-refractivity contribution is 0.0206. The third-order valence-corrected chi connectivity index (χ3v) is 3.61. The smallest absolute Gasteiger partial charge is 0.148 e. The van der Waals surface area contributed by atoms with E-state index in [1.54, 1.807) is 0 Å². The Kier molecular flexibility index (Phi) is 4.62. The number of para-hydroxylation sites is 2. The molecular formula is C16H21N3O2. The maximum Gasteiger partial charge on any atom is 0.148 e. The molecule has 3 rings (SSSR count). The molecule has 21 heavy (non-hydrogen) atoms. The summed E-state index contributed by atoms with van der Waals surface area (Å²) in [5.74, 6) is 0.828. The van der Waals surface area contributed by atoms with Crippen molar-refractivity contribution in [2.75, 3.05) is 31.7 Å². The number of rotatable bonds is 6. The summed E-state index contributed by atoms with van der Waals surface area (Å²) in [5, 5.41) is 3.29. The molecule has 0 radical (unpaired) electrons. The fourth-order valence-corrected chi connectivity index (χ4v) is 2.49. The normalized spacial score (nSPS) is 18.2. The van der Waals surface area contributed by atoms with Crippen molar-refractivity contribution in [1.29, 1.82) is 0 Å². The molecule has 1 fully saturated rings. The maximum absolute atomic E-state index is 5.63. The molecule has 1 atom stereocenters. The molecule has 0 spiro atoms. The minimum absolute atomic E-state index is 0.284. The van der Waals surface area contributed by atoms with Gasteiger partial charge in [0.25, 0.3) is 0 Å². The molecule has 1 aromatic heterocycles. The molecule has 0 amide bonds. The number of aromatic nitrogens is 2. The van der Waals surface area contributed by atoms with E-state index in [9.17, 15) is 0 Å². The number of aryl methyl sites for hydroxylation is 1. The van der Waals surface area contributed by atoms with Crippen LogP contribution < -0.4 is 5.32 Å². The highest BCUT2D eigenvalue weighted by atomic mass is 16.5. The Morgan fingerprint density at radius 3 is 2.86 bits per heavy atom. The molecule has 1 aromatic carbocycles. The first kappa shape index (κ1) is 14.2. The molecule has 0 bridgehead atoms. The molecule has 1 unspecified atom stereocenters. The van der Waals surface area contributed by atoms with E-state index < -0.39 is 0 Å². The Balaban J connectivity index is 1.49. The average molecular weight is 287 g/mol. The molecular weight excluding hydrogens is 266 g/mol. The standard InChI is InChI=1S/C16H21N3O2/c1-12-16(19-15-7-3-2-6-14(15)18-12)17-8-10-20-11-13-5-4-9-21-13/h2-3,6-7,13H,4-5,8-11H2,1H3,(H,17,19). The van der Waals surface area contributed by atoms with Crippen molar-refractivity contribution >= 4 is 16.9 Å². The van der Waals surface area contributed by atoms with Gasteiger partial charge < -0.3 is 14.8 Å². The van der Waals surface area contributed by atoms with E-state index in [-0.39, 0.29) is 6.10 Å². The van der Waals surface area contributed by atoms with E-state index in [4.69, 9.17) is 9.47 Å². The Morgan fingerprint density at radius 2 is 2.10 bits per heavy atom. The summed E-state index contributed by atoms with van der Waals surface area (Å²) >= 11 is 0. The minimum Gasteiger partial charge on any atom is -0.377 e. The lowest BCUT2D eigenvalue weighted by Gasteiger charge is -2.12. The van der Waals surface area contributed by atoms with Crippen LogP contribution in [0, 0.1) is 6.92 Å². The highest BCUT2D eigenvalue weighted by molar-refractivity contribution is 5.76. The fourth-order valence-electron chi connectivity index (χ4n) is 2.49. The SMILES string of the molecule is Cc1nc2ccccc2nc1NCCOCC1CCCO1. The topological polar surface area (TPSA) is 56.3 Å². The van der Waals surface area contributed by atoms with Gasteiger partial charge in [-0.25, -0.2) is 9.97 Å². The van der Waals surface area contributed by atoms with Crippen LogP contribution in [-0.2, 0) is 9.47 Å². The minimum atomic E-state index is 0.284. The molecule has 5 heteroatoms. The van der Waals surface area contributed by atoms with Crippen LogP contribution in [0.15, 0.2) is 24.3 Å². The fraction of sp³-hybridized carbons (Fsp3) is 0.500. The van der Waals surface area contributed by atoms with Crippen molar-refractivity contribution < 1.29 is 9.47 Å². The summed E-state index contributed by atoms with van der Waals surface area (Å²) in [7, 11) is 0. The van der Waals surface area contributed by atoms with Gasteiger partial charge in [-0.1, -0.05) is 12.1 Å². The summed E-state index contributed by atoms with van der Waals surface area (Å²) in [6.07, 6.45) is 2.55. The molecule has 1 N–H and O–H groups in total. The summed E-state index contributed by atoms with van der Waals surface area (Å²) < 4.78 is 11.1. The van der Waals surface area contributed by atoms with Crippen molar-refractivity contribution in [3.8, 4) is 0 Å². The van der Waals surface area contributed by atoms with Crippen LogP contribution in [0.1, 0.15) is 18.5 Å². The number of hydrogen-bond donors (Lipinski definition) is 1. The van der Waals surface area contributed by atoms with Crippen molar-refractivity contribution in [2.24, 2.45) is 0 Å². The quantitative estimate of drug-likeness (QED) is 0.827. The number of ether oxygens (including phenoxy) is 2. The van der Waals surface area contributed by atoms with Gasteiger partial charge in [0, 0.05) is 13.2 Å². The first-order chi connectivity index (χ1) is 10.3. The van der Waals surface area contributed by atoms with Crippen LogP contribution >= 0.6 is 0 Å². The number of nitrogens with one attached hydrogen (secondary N) is 1. The highest BCUT2D eigenvalue weighted by Gasteiger charge is 2.15. The monoisotopic (exact) mass is 287 g/mol. The van der Waals surface area contributed by atoms with Crippen molar-refractivity contribution in [3.05, 3.63) is 30.0 Å². The second-order valence-corrected chi connectivity index (χ2v) is 5.28. The van der Waals surface area contributed by atoms with Gasteiger partial charge in [-0.05, 0) is 31.9 Å². The molecule has 1 saturated heterocycles. The molecule has 1 aliphatic heterocycles. The van der Waals surface area contributed by atoms with Gasteiger partial charge in [-0.15, -0.1) is 0 Å². The van der Waals surface area contributed by atoms with E-state index in [2.05, 4.69) is 15.3 Å². The Bertz CT molecular complexity index is 597. The summed E-state index contributed by atoms with van der Waals surface area (Å²) in [5.41, 5.74) is 2.74. The van der Waals surface area contributed by atoms with Crippen molar-refractivity contribution in [2.45, 2.75) is 25.9 Å². The molecule has 112 valence electrons.